The van der Waals surface area contributed by atoms with Crippen molar-refractivity contribution in [2.75, 3.05) is 23.8 Å². The van der Waals surface area contributed by atoms with Crippen LogP contribution in [0.2, 0.25) is 0 Å². The van der Waals surface area contributed by atoms with Crippen molar-refractivity contribution in [3.05, 3.63) is 18.0 Å². The summed E-state index contributed by atoms with van der Waals surface area (Å²) in [6, 6.07) is 3.45. The maximum absolute atomic E-state index is 11.7. The van der Waals surface area contributed by atoms with E-state index in [-0.39, 0.29) is 17.7 Å². The molecule has 7 heteroatoms. The van der Waals surface area contributed by atoms with Gasteiger partial charge in [0.15, 0.2) is 0 Å². The smallest absolute Gasteiger partial charge is 0.242 e. The van der Waals surface area contributed by atoms with E-state index in [4.69, 9.17) is 21.6 Å². The van der Waals surface area contributed by atoms with Gasteiger partial charge in [-0.05, 0) is 13.3 Å². The van der Waals surface area contributed by atoms with Gasteiger partial charge in [0, 0.05) is 19.2 Å². The maximum Gasteiger partial charge on any atom is 0.242 e. The van der Waals surface area contributed by atoms with Gasteiger partial charge in [0.1, 0.15) is 17.1 Å². The van der Waals surface area contributed by atoms with Gasteiger partial charge < -0.3 is 15.4 Å². The Hall–Kier alpha value is -1.84. The van der Waals surface area contributed by atoms with Crippen LogP contribution in [-0.2, 0) is 9.53 Å². The van der Waals surface area contributed by atoms with Crippen LogP contribution in [0.5, 0.6) is 0 Å². The number of nitriles is 1. The molecule has 1 fully saturated rings. The molecule has 1 aromatic rings. The number of ether oxygens (including phenoxy) is 1. The van der Waals surface area contributed by atoms with Gasteiger partial charge in [0.2, 0.25) is 5.91 Å². The zero-order chi connectivity index (χ0) is 14.5. The van der Waals surface area contributed by atoms with Crippen molar-refractivity contribution >= 4 is 28.9 Å². The van der Waals surface area contributed by atoms with Crippen LogP contribution in [-0.4, -0.2) is 35.5 Å². The number of nitrogens with one attached hydrogen (secondary N) is 2. The summed E-state index contributed by atoms with van der Waals surface area (Å²) in [5, 5.41) is 14.0. The Morgan fingerprint density at radius 2 is 2.45 bits per heavy atom. The molecule has 2 rings (SSSR count). The van der Waals surface area contributed by atoms with E-state index in [9.17, 15) is 4.79 Å². The molecule has 1 saturated heterocycles. The molecule has 2 N–H and O–H groups in total. The fourth-order valence-corrected chi connectivity index (χ4v) is 1.72. The summed E-state index contributed by atoms with van der Waals surface area (Å²) in [7, 11) is 0. The first-order valence-corrected chi connectivity index (χ1v) is 6.74. The molecular weight excluding hydrogens is 280 g/mol. The van der Waals surface area contributed by atoms with Crippen molar-refractivity contribution in [2.45, 2.75) is 24.8 Å². The van der Waals surface area contributed by atoms with Crippen LogP contribution in [0.1, 0.15) is 19.0 Å². The second-order valence-corrected chi connectivity index (χ2v) is 5.15. The number of hydrogen-bond donors (Lipinski definition) is 2. The fraction of sp³-hybridized carbons (Fsp3) is 0.462. The van der Waals surface area contributed by atoms with E-state index in [0.717, 1.165) is 13.0 Å². The number of alkyl halides is 1. The molecule has 0 aliphatic carbocycles. The van der Waals surface area contributed by atoms with Crippen LogP contribution in [0.25, 0.3) is 0 Å². The van der Waals surface area contributed by atoms with E-state index < -0.39 is 5.38 Å². The van der Waals surface area contributed by atoms with E-state index in [1.165, 1.54) is 12.3 Å². The molecule has 106 valence electrons. The molecule has 1 aliphatic rings. The first-order chi connectivity index (χ1) is 9.60. The van der Waals surface area contributed by atoms with E-state index in [1.54, 1.807) is 6.92 Å². The van der Waals surface area contributed by atoms with Crippen LogP contribution >= 0.6 is 11.6 Å². The second-order valence-electron chi connectivity index (χ2n) is 4.49. The fourth-order valence-electron chi connectivity index (χ4n) is 1.66. The van der Waals surface area contributed by atoms with Crippen LogP contribution in [0.4, 0.5) is 11.4 Å². The van der Waals surface area contributed by atoms with Gasteiger partial charge in [0.05, 0.1) is 23.7 Å². The van der Waals surface area contributed by atoms with Gasteiger partial charge in [-0.25, -0.2) is 4.98 Å². The lowest BCUT2D eigenvalue weighted by Gasteiger charge is -2.27. The Morgan fingerprint density at radius 1 is 1.70 bits per heavy atom. The SMILES string of the molecule is CC(Cl)C(=O)Nc1cc(C#N)ncc1NC[C@@H]1CCO1. The molecule has 20 heavy (non-hydrogen) atoms. The van der Waals surface area contributed by atoms with Gasteiger partial charge >= 0.3 is 0 Å². The molecule has 1 aromatic heterocycles. The lowest BCUT2D eigenvalue weighted by molar-refractivity contribution is -0.115. The molecule has 2 heterocycles. The Kier molecular flexibility index (Phi) is 4.77. The van der Waals surface area contributed by atoms with Crippen molar-refractivity contribution in [3.63, 3.8) is 0 Å². The maximum atomic E-state index is 11.7. The van der Waals surface area contributed by atoms with Crippen LogP contribution in [0.3, 0.4) is 0 Å². The third-order valence-electron chi connectivity index (χ3n) is 2.95. The minimum Gasteiger partial charge on any atom is -0.380 e. The molecule has 0 saturated carbocycles. The number of carbonyl (C=O) groups is 1. The van der Waals surface area contributed by atoms with Gasteiger partial charge in [-0.1, -0.05) is 0 Å². The van der Waals surface area contributed by atoms with Crippen molar-refractivity contribution < 1.29 is 9.53 Å². The van der Waals surface area contributed by atoms with Gasteiger partial charge in [-0.2, -0.15) is 5.26 Å². The van der Waals surface area contributed by atoms with E-state index >= 15 is 0 Å². The zero-order valence-corrected chi connectivity index (χ0v) is 11.8. The summed E-state index contributed by atoms with van der Waals surface area (Å²) in [6.07, 6.45) is 2.71. The molecule has 0 aromatic carbocycles. The molecule has 0 radical (unpaired) electrons. The second kappa shape index (κ2) is 6.55. The number of halogens is 1. The predicted octanol–water partition coefficient (Wildman–Crippen LogP) is 1.72. The minimum atomic E-state index is -0.656. The van der Waals surface area contributed by atoms with E-state index in [0.29, 0.717) is 17.9 Å². The average Bonchev–Trinajstić information content (AvgIpc) is 2.38. The monoisotopic (exact) mass is 294 g/mol. The van der Waals surface area contributed by atoms with Gasteiger partial charge in [-0.3, -0.25) is 4.79 Å². The van der Waals surface area contributed by atoms with Crippen LogP contribution < -0.4 is 10.6 Å². The molecule has 6 nitrogen and oxygen atoms in total. The largest absolute Gasteiger partial charge is 0.380 e. The third-order valence-corrected chi connectivity index (χ3v) is 3.15. The molecule has 0 spiro atoms. The zero-order valence-electron chi connectivity index (χ0n) is 11.0. The van der Waals surface area contributed by atoms with E-state index in [2.05, 4.69) is 15.6 Å². The highest BCUT2D eigenvalue weighted by atomic mass is 35.5. The van der Waals surface area contributed by atoms with Crippen molar-refractivity contribution in [2.24, 2.45) is 0 Å². The Labute approximate surface area is 122 Å². The van der Waals surface area contributed by atoms with Crippen LogP contribution in [0, 0.1) is 11.3 Å². The first-order valence-electron chi connectivity index (χ1n) is 6.30. The summed E-state index contributed by atoms with van der Waals surface area (Å²) >= 11 is 5.73. The summed E-state index contributed by atoms with van der Waals surface area (Å²) in [5.74, 6) is -0.329. The lowest BCUT2D eigenvalue weighted by atomic mass is 10.2. The lowest BCUT2D eigenvalue weighted by Crippen LogP contribution is -2.33. The number of carbonyl (C=O) groups excluding carboxylic acids is 1. The highest BCUT2D eigenvalue weighted by molar-refractivity contribution is 6.32. The number of aromatic nitrogens is 1. The average molecular weight is 295 g/mol. The van der Waals surface area contributed by atoms with Crippen LogP contribution in [0.15, 0.2) is 12.3 Å². The number of anilines is 2. The molecular formula is C13H15ClN4O2. The third kappa shape index (κ3) is 3.59. The van der Waals surface area contributed by atoms with E-state index in [1.807, 2.05) is 6.07 Å². The quantitative estimate of drug-likeness (QED) is 0.808. The first kappa shape index (κ1) is 14.6. The Bertz CT molecular complexity index is 538. The number of rotatable bonds is 5. The topological polar surface area (TPSA) is 87.0 Å². The number of hydrogen-bond acceptors (Lipinski definition) is 5. The number of pyridine rings is 1. The normalized spacial score (nSPS) is 18.6. The van der Waals surface area contributed by atoms with Gasteiger partial charge in [0.25, 0.3) is 0 Å². The molecule has 1 aliphatic heterocycles. The summed E-state index contributed by atoms with van der Waals surface area (Å²) < 4.78 is 5.31. The highest BCUT2D eigenvalue weighted by Gasteiger charge is 2.19. The summed E-state index contributed by atoms with van der Waals surface area (Å²) in [5.41, 5.74) is 1.37. The summed E-state index contributed by atoms with van der Waals surface area (Å²) in [6.45, 7) is 3.00. The minimum absolute atomic E-state index is 0.182. The Balaban J connectivity index is 2.11. The predicted molar refractivity (Wildman–Crippen MR) is 75.7 cm³/mol. The number of amides is 1. The molecule has 2 atom stereocenters. The molecule has 1 amide bonds. The highest BCUT2D eigenvalue weighted by Crippen LogP contribution is 2.23. The molecule has 0 bridgehead atoms. The summed E-state index contributed by atoms with van der Waals surface area (Å²) in [4.78, 5) is 15.7. The van der Waals surface area contributed by atoms with Crippen molar-refractivity contribution in [1.82, 2.24) is 4.98 Å². The molecule has 1 unspecified atom stereocenters. The Morgan fingerprint density at radius 3 is 3.00 bits per heavy atom. The van der Waals surface area contributed by atoms with Crippen molar-refractivity contribution in [1.29, 1.82) is 5.26 Å². The number of nitrogens with zero attached hydrogens (tertiary/aromatic N) is 2. The van der Waals surface area contributed by atoms with Crippen molar-refractivity contribution in [3.8, 4) is 6.07 Å². The standard InChI is InChI=1S/C13H15ClN4O2/c1-8(14)13(19)18-11-4-9(5-15)16-7-12(11)17-6-10-2-3-20-10/h4,7-8,10,17H,2-3,6H2,1H3,(H,16,18,19)/t8?,10-/m0/s1. The van der Waals surface area contributed by atoms with Gasteiger partial charge in [-0.15, -0.1) is 11.6 Å².